The first kappa shape index (κ1) is 28.1. The van der Waals surface area contributed by atoms with Crippen LogP contribution in [0.3, 0.4) is 0 Å². The van der Waals surface area contributed by atoms with Gasteiger partial charge in [-0.15, -0.1) is 10.2 Å². The molecule has 0 bridgehead atoms. The molecule has 40 heavy (non-hydrogen) atoms. The summed E-state index contributed by atoms with van der Waals surface area (Å²) in [6.45, 7) is 6.91. The van der Waals surface area contributed by atoms with Gasteiger partial charge in [-0.25, -0.2) is 0 Å². The third-order valence-electron chi connectivity index (χ3n) is 8.07. The lowest BCUT2D eigenvalue weighted by atomic mass is 9.62. The molecule has 1 saturated carbocycles. The van der Waals surface area contributed by atoms with Crippen LogP contribution < -0.4 is 15.5 Å². The fourth-order valence-corrected chi connectivity index (χ4v) is 5.87. The van der Waals surface area contributed by atoms with Crippen LogP contribution in [0, 0.1) is 0 Å². The lowest BCUT2D eigenvalue weighted by Gasteiger charge is -2.43. The number of hydrogen-bond donors (Lipinski definition) is 2. The summed E-state index contributed by atoms with van der Waals surface area (Å²) in [4.78, 5) is 15.2. The lowest BCUT2D eigenvalue weighted by molar-refractivity contribution is -0.138. The van der Waals surface area contributed by atoms with Gasteiger partial charge in [0, 0.05) is 48.4 Å². The van der Waals surface area contributed by atoms with Gasteiger partial charge < -0.3 is 20.1 Å². The van der Waals surface area contributed by atoms with Gasteiger partial charge in [0.15, 0.2) is 0 Å². The maximum absolute atomic E-state index is 14.2. The van der Waals surface area contributed by atoms with Gasteiger partial charge in [-0.05, 0) is 86.7 Å². The SMILES string of the molecule is CCCNCc1cc2c(c(C(F)(F)F)c1)CN(c1cc(NC(C)C)cc(C3(Cc4nncn4C)CCC3)c1)C2=O. The van der Waals surface area contributed by atoms with Crippen molar-refractivity contribution in [3.8, 4) is 0 Å². The standard InChI is InChI=1S/C30H37F3N6O/c1-5-9-34-16-20-10-24-25(26(11-20)30(31,32)33)17-39(28(24)40)23-13-21(12-22(14-23)36-19(2)3)29(7-6-8-29)15-27-37-35-18-38(27)4/h10-14,18-19,34,36H,5-9,15-17H2,1-4H3. The molecule has 0 spiro atoms. The van der Waals surface area contributed by atoms with Crippen molar-refractivity contribution in [3.05, 3.63) is 70.3 Å². The summed E-state index contributed by atoms with van der Waals surface area (Å²) in [6, 6.07) is 8.92. The van der Waals surface area contributed by atoms with Gasteiger partial charge >= 0.3 is 6.18 Å². The third-order valence-corrected chi connectivity index (χ3v) is 8.07. The Hall–Kier alpha value is -3.40. The molecule has 7 nitrogen and oxygen atoms in total. The number of alkyl halides is 3. The molecule has 1 aliphatic carbocycles. The van der Waals surface area contributed by atoms with Crippen molar-refractivity contribution in [1.29, 1.82) is 0 Å². The van der Waals surface area contributed by atoms with Crippen LogP contribution in [0.1, 0.15) is 84.9 Å². The molecule has 5 rings (SSSR count). The van der Waals surface area contributed by atoms with E-state index in [1.165, 1.54) is 11.0 Å². The number of aromatic nitrogens is 3. The van der Waals surface area contributed by atoms with Crippen LogP contribution in [-0.2, 0) is 38.1 Å². The number of anilines is 2. The van der Waals surface area contributed by atoms with Crippen molar-refractivity contribution < 1.29 is 18.0 Å². The lowest BCUT2D eigenvalue weighted by Crippen LogP contribution is -2.38. The number of nitrogens with one attached hydrogen (secondary N) is 2. The zero-order valence-electron chi connectivity index (χ0n) is 23.5. The summed E-state index contributed by atoms with van der Waals surface area (Å²) in [5, 5.41) is 14.9. The van der Waals surface area contributed by atoms with Gasteiger partial charge in [0.25, 0.3) is 5.91 Å². The summed E-state index contributed by atoms with van der Waals surface area (Å²) in [5.41, 5.74) is 2.23. The normalized spacial score (nSPS) is 16.4. The maximum Gasteiger partial charge on any atom is 0.416 e. The van der Waals surface area contributed by atoms with Gasteiger partial charge in [-0.2, -0.15) is 13.2 Å². The predicted molar refractivity (Wildman–Crippen MR) is 149 cm³/mol. The van der Waals surface area contributed by atoms with E-state index in [0.29, 0.717) is 24.2 Å². The molecule has 2 aromatic carbocycles. The number of amides is 1. The van der Waals surface area contributed by atoms with Gasteiger partial charge in [0.05, 0.1) is 12.1 Å². The predicted octanol–water partition coefficient (Wildman–Crippen LogP) is 5.98. The quantitative estimate of drug-likeness (QED) is 0.302. The molecule has 0 unspecified atom stereocenters. The minimum absolute atomic E-state index is 0.0398. The topological polar surface area (TPSA) is 75.1 Å². The van der Waals surface area contributed by atoms with Crippen molar-refractivity contribution >= 4 is 17.3 Å². The first-order valence-electron chi connectivity index (χ1n) is 14.0. The van der Waals surface area contributed by atoms with Crippen LogP contribution >= 0.6 is 0 Å². The van der Waals surface area contributed by atoms with Gasteiger partial charge in [-0.1, -0.05) is 13.3 Å². The second kappa shape index (κ2) is 10.9. The Morgan fingerprint density at radius 3 is 2.50 bits per heavy atom. The second-order valence-electron chi connectivity index (χ2n) is 11.5. The van der Waals surface area contributed by atoms with E-state index < -0.39 is 17.6 Å². The molecular formula is C30H37F3N6O. The van der Waals surface area contributed by atoms with E-state index in [1.807, 2.05) is 44.5 Å². The molecule has 1 amide bonds. The van der Waals surface area contributed by atoms with Crippen molar-refractivity contribution in [2.75, 3.05) is 16.8 Å². The average molecular weight is 555 g/mol. The Bertz CT molecular complexity index is 1390. The van der Waals surface area contributed by atoms with Crippen molar-refractivity contribution in [3.63, 3.8) is 0 Å². The molecule has 0 saturated heterocycles. The summed E-state index contributed by atoms with van der Waals surface area (Å²) < 4.78 is 44.5. The number of carbonyl (C=O) groups is 1. The minimum Gasteiger partial charge on any atom is -0.383 e. The van der Waals surface area contributed by atoms with E-state index in [1.54, 1.807) is 12.4 Å². The van der Waals surface area contributed by atoms with Crippen LogP contribution in [0.4, 0.5) is 24.5 Å². The number of rotatable bonds is 10. The molecule has 214 valence electrons. The number of benzene rings is 2. The molecule has 1 aromatic heterocycles. The van der Waals surface area contributed by atoms with E-state index in [9.17, 15) is 18.0 Å². The van der Waals surface area contributed by atoms with Crippen LogP contribution in [0.5, 0.6) is 0 Å². The highest BCUT2D eigenvalue weighted by molar-refractivity contribution is 6.10. The fourth-order valence-electron chi connectivity index (χ4n) is 5.87. The van der Waals surface area contributed by atoms with Crippen LogP contribution in [0.15, 0.2) is 36.7 Å². The number of nitrogens with zero attached hydrogens (tertiary/aromatic N) is 4. The largest absolute Gasteiger partial charge is 0.416 e. The molecule has 2 aliphatic rings. The number of carbonyl (C=O) groups excluding carboxylic acids is 1. The summed E-state index contributed by atoms with van der Waals surface area (Å²) >= 11 is 0. The zero-order valence-corrected chi connectivity index (χ0v) is 23.5. The van der Waals surface area contributed by atoms with Crippen LogP contribution in [-0.4, -0.2) is 33.3 Å². The molecule has 10 heteroatoms. The number of hydrogen-bond acceptors (Lipinski definition) is 5. The molecule has 3 aromatic rings. The summed E-state index contributed by atoms with van der Waals surface area (Å²) in [5.74, 6) is 0.480. The molecule has 1 fully saturated rings. The molecule has 0 atom stereocenters. The van der Waals surface area contributed by atoms with E-state index in [-0.39, 0.29) is 35.7 Å². The second-order valence-corrected chi connectivity index (χ2v) is 11.5. The van der Waals surface area contributed by atoms with Crippen LogP contribution in [0.25, 0.3) is 0 Å². The van der Waals surface area contributed by atoms with E-state index in [0.717, 1.165) is 42.8 Å². The van der Waals surface area contributed by atoms with Gasteiger partial charge in [-0.3, -0.25) is 4.79 Å². The molecule has 1 aliphatic heterocycles. The monoisotopic (exact) mass is 554 g/mol. The maximum atomic E-state index is 14.2. The first-order chi connectivity index (χ1) is 19.0. The Morgan fingerprint density at radius 1 is 1.12 bits per heavy atom. The van der Waals surface area contributed by atoms with E-state index in [2.05, 4.69) is 26.9 Å². The van der Waals surface area contributed by atoms with E-state index >= 15 is 0 Å². The van der Waals surface area contributed by atoms with Crippen molar-refractivity contribution in [2.24, 2.45) is 7.05 Å². The number of halogens is 3. The highest BCUT2D eigenvalue weighted by atomic mass is 19.4. The molecular weight excluding hydrogens is 517 g/mol. The van der Waals surface area contributed by atoms with Crippen molar-refractivity contribution in [1.82, 2.24) is 20.1 Å². The highest BCUT2D eigenvalue weighted by Crippen LogP contribution is 2.48. The molecule has 0 radical (unpaired) electrons. The smallest absolute Gasteiger partial charge is 0.383 e. The molecule has 2 N–H and O–H groups in total. The third kappa shape index (κ3) is 5.46. The number of fused-ring (bicyclic) bond motifs is 1. The minimum atomic E-state index is -4.56. The zero-order chi connectivity index (χ0) is 28.7. The first-order valence-corrected chi connectivity index (χ1v) is 14.0. The Kier molecular flexibility index (Phi) is 7.65. The van der Waals surface area contributed by atoms with Gasteiger partial charge in [0.1, 0.15) is 12.2 Å². The average Bonchev–Trinajstić information content (AvgIpc) is 3.42. The number of aryl methyl sites for hydroxylation is 1. The highest BCUT2D eigenvalue weighted by Gasteiger charge is 2.43. The fraction of sp³-hybridized carbons (Fsp3) is 0.500. The Balaban J connectivity index is 1.55. The summed E-state index contributed by atoms with van der Waals surface area (Å²) in [6.07, 6.45) is 1.70. The van der Waals surface area contributed by atoms with Gasteiger partial charge in [0.2, 0.25) is 0 Å². The van der Waals surface area contributed by atoms with E-state index in [4.69, 9.17) is 0 Å². The Labute approximate surface area is 233 Å². The van der Waals surface area contributed by atoms with Crippen LogP contribution in [0.2, 0.25) is 0 Å². The van der Waals surface area contributed by atoms with Crippen molar-refractivity contribution in [2.45, 2.75) is 83.6 Å². The molecule has 2 heterocycles. The summed E-state index contributed by atoms with van der Waals surface area (Å²) in [7, 11) is 1.92. The Morgan fingerprint density at radius 2 is 1.90 bits per heavy atom.